The zero-order chi connectivity index (χ0) is 13.7. The fraction of sp³-hybridized carbons (Fsp3) is 0.867. The summed E-state index contributed by atoms with van der Waals surface area (Å²) in [5.41, 5.74) is 0. The van der Waals surface area contributed by atoms with Crippen molar-refractivity contribution in [2.75, 3.05) is 13.1 Å². The van der Waals surface area contributed by atoms with Crippen LogP contribution in [-0.2, 0) is 9.59 Å². The summed E-state index contributed by atoms with van der Waals surface area (Å²) in [6, 6.07) is -0.261. The van der Waals surface area contributed by atoms with Gasteiger partial charge in [0.15, 0.2) is 0 Å². The first-order valence-corrected chi connectivity index (χ1v) is 7.79. The van der Waals surface area contributed by atoms with E-state index in [4.69, 9.17) is 0 Å². The molecule has 108 valence electrons. The Morgan fingerprint density at radius 3 is 2.58 bits per heavy atom. The molecule has 2 rings (SSSR count). The van der Waals surface area contributed by atoms with Gasteiger partial charge in [0.2, 0.25) is 11.8 Å². The second kappa shape index (κ2) is 6.92. The van der Waals surface area contributed by atoms with Gasteiger partial charge in [0.25, 0.3) is 0 Å². The number of nitrogens with zero attached hydrogens (tertiary/aromatic N) is 1. The van der Waals surface area contributed by atoms with Crippen molar-refractivity contribution in [2.45, 2.75) is 64.3 Å². The van der Waals surface area contributed by atoms with Crippen molar-refractivity contribution in [1.82, 2.24) is 10.2 Å². The van der Waals surface area contributed by atoms with Crippen LogP contribution in [0.4, 0.5) is 0 Å². The van der Waals surface area contributed by atoms with Crippen molar-refractivity contribution in [3.05, 3.63) is 0 Å². The Hall–Kier alpha value is -1.06. The minimum Gasteiger partial charge on any atom is -0.344 e. The highest BCUT2D eigenvalue weighted by Gasteiger charge is 2.31. The van der Waals surface area contributed by atoms with E-state index in [1.807, 2.05) is 4.90 Å². The summed E-state index contributed by atoms with van der Waals surface area (Å²) in [7, 11) is 0. The molecule has 0 aromatic carbocycles. The van der Waals surface area contributed by atoms with Crippen molar-refractivity contribution in [1.29, 1.82) is 0 Å². The molecule has 2 aliphatic rings. The third kappa shape index (κ3) is 3.95. The standard InChI is InChI=1S/C15H26N2O2/c1-2-10-17(11-12-6-4-3-5-7-12)15(19)13-8-9-14(18)16-13/h12-13H,2-11H2,1H3,(H,16,18)/t13-/m0/s1. The Kier molecular flexibility index (Phi) is 5.23. The third-order valence-electron chi connectivity index (χ3n) is 4.30. The van der Waals surface area contributed by atoms with Gasteiger partial charge in [-0.15, -0.1) is 0 Å². The van der Waals surface area contributed by atoms with Crippen LogP contribution in [0, 0.1) is 5.92 Å². The Bertz CT molecular complexity index is 324. The maximum Gasteiger partial charge on any atom is 0.245 e. The molecule has 1 saturated heterocycles. The van der Waals surface area contributed by atoms with Crippen LogP contribution in [-0.4, -0.2) is 35.8 Å². The molecule has 4 heteroatoms. The molecule has 0 aromatic rings. The summed E-state index contributed by atoms with van der Waals surface area (Å²) >= 11 is 0. The van der Waals surface area contributed by atoms with Gasteiger partial charge in [-0.05, 0) is 31.6 Å². The summed E-state index contributed by atoms with van der Waals surface area (Å²) in [5, 5.41) is 2.80. The first kappa shape index (κ1) is 14.4. The molecule has 1 heterocycles. The van der Waals surface area contributed by atoms with Crippen LogP contribution in [0.5, 0.6) is 0 Å². The smallest absolute Gasteiger partial charge is 0.245 e. The second-order valence-corrected chi connectivity index (χ2v) is 5.95. The molecule has 0 bridgehead atoms. The summed E-state index contributed by atoms with van der Waals surface area (Å²) < 4.78 is 0. The van der Waals surface area contributed by atoms with Crippen LogP contribution in [0.2, 0.25) is 0 Å². The van der Waals surface area contributed by atoms with Crippen LogP contribution in [0.25, 0.3) is 0 Å². The largest absolute Gasteiger partial charge is 0.344 e. The topological polar surface area (TPSA) is 49.4 Å². The summed E-state index contributed by atoms with van der Waals surface area (Å²) in [6.45, 7) is 3.81. The normalized spacial score (nSPS) is 24.3. The quantitative estimate of drug-likeness (QED) is 0.828. The highest BCUT2D eigenvalue weighted by Crippen LogP contribution is 2.25. The maximum atomic E-state index is 12.5. The van der Waals surface area contributed by atoms with E-state index in [1.54, 1.807) is 0 Å². The number of hydrogen-bond donors (Lipinski definition) is 1. The van der Waals surface area contributed by atoms with E-state index in [9.17, 15) is 9.59 Å². The van der Waals surface area contributed by atoms with Crippen LogP contribution in [0.15, 0.2) is 0 Å². The molecule has 2 fully saturated rings. The number of carbonyl (C=O) groups is 2. The molecule has 1 aliphatic carbocycles. The van der Waals surface area contributed by atoms with E-state index in [0.29, 0.717) is 18.8 Å². The van der Waals surface area contributed by atoms with Gasteiger partial charge in [0.1, 0.15) is 6.04 Å². The second-order valence-electron chi connectivity index (χ2n) is 5.95. The first-order chi connectivity index (χ1) is 9.20. The van der Waals surface area contributed by atoms with Crippen molar-refractivity contribution < 1.29 is 9.59 Å². The van der Waals surface area contributed by atoms with E-state index >= 15 is 0 Å². The molecule has 0 radical (unpaired) electrons. The van der Waals surface area contributed by atoms with E-state index in [2.05, 4.69) is 12.2 Å². The summed E-state index contributed by atoms with van der Waals surface area (Å²) in [5.74, 6) is 0.826. The van der Waals surface area contributed by atoms with Gasteiger partial charge >= 0.3 is 0 Å². The molecule has 0 unspecified atom stereocenters. The lowest BCUT2D eigenvalue weighted by molar-refractivity contribution is -0.135. The molecule has 0 spiro atoms. The minimum absolute atomic E-state index is 0.0208. The van der Waals surface area contributed by atoms with Crippen LogP contribution >= 0.6 is 0 Å². The van der Waals surface area contributed by atoms with Crippen LogP contribution < -0.4 is 5.32 Å². The zero-order valence-electron chi connectivity index (χ0n) is 12.0. The fourth-order valence-electron chi connectivity index (χ4n) is 3.26. The molecule has 0 aromatic heterocycles. The van der Waals surface area contributed by atoms with Crippen molar-refractivity contribution in [2.24, 2.45) is 5.92 Å². The molecule has 2 amide bonds. The van der Waals surface area contributed by atoms with Gasteiger partial charge in [-0.3, -0.25) is 9.59 Å². The average Bonchev–Trinajstić information content (AvgIpc) is 2.85. The first-order valence-electron chi connectivity index (χ1n) is 7.79. The molecule has 4 nitrogen and oxygen atoms in total. The summed E-state index contributed by atoms with van der Waals surface area (Å²) in [6.07, 6.45) is 8.62. The Balaban J connectivity index is 1.90. The number of nitrogens with one attached hydrogen (secondary N) is 1. The van der Waals surface area contributed by atoms with E-state index in [-0.39, 0.29) is 17.9 Å². The Morgan fingerprint density at radius 1 is 1.26 bits per heavy atom. The molecule has 1 aliphatic heterocycles. The average molecular weight is 266 g/mol. The van der Waals surface area contributed by atoms with Crippen molar-refractivity contribution in [3.63, 3.8) is 0 Å². The highest BCUT2D eigenvalue weighted by molar-refractivity contribution is 5.90. The highest BCUT2D eigenvalue weighted by atomic mass is 16.2. The molecular weight excluding hydrogens is 240 g/mol. The van der Waals surface area contributed by atoms with Crippen molar-refractivity contribution in [3.8, 4) is 0 Å². The lowest BCUT2D eigenvalue weighted by Crippen LogP contribution is -2.46. The van der Waals surface area contributed by atoms with E-state index in [0.717, 1.165) is 19.5 Å². The summed E-state index contributed by atoms with van der Waals surface area (Å²) in [4.78, 5) is 25.7. The van der Waals surface area contributed by atoms with Gasteiger partial charge in [-0.1, -0.05) is 26.2 Å². The van der Waals surface area contributed by atoms with Gasteiger partial charge in [-0.25, -0.2) is 0 Å². The molecule has 1 N–H and O–H groups in total. The number of carbonyl (C=O) groups excluding carboxylic acids is 2. The number of amides is 2. The maximum absolute atomic E-state index is 12.5. The van der Waals surface area contributed by atoms with Crippen LogP contribution in [0.3, 0.4) is 0 Å². The molecular formula is C15H26N2O2. The van der Waals surface area contributed by atoms with Gasteiger partial charge in [0.05, 0.1) is 0 Å². The number of rotatable bonds is 5. The van der Waals surface area contributed by atoms with E-state index in [1.165, 1.54) is 32.1 Å². The SMILES string of the molecule is CCCN(CC1CCCCC1)C(=O)[C@@H]1CCC(=O)N1. The van der Waals surface area contributed by atoms with E-state index < -0.39 is 0 Å². The van der Waals surface area contributed by atoms with Crippen LogP contribution in [0.1, 0.15) is 58.3 Å². The van der Waals surface area contributed by atoms with Gasteiger partial charge < -0.3 is 10.2 Å². The third-order valence-corrected chi connectivity index (χ3v) is 4.30. The number of hydrogen-bond acceptors (Lipinski definition) is 2. The van der Waals surface area contributed by atoms with Gasteiger partial charge in [0, 0.05) is 19.5 Å². The zero-order valence-corrected chi connectivity index (χ0v) is 12.0. The molecule has 19 heavy (non-hydrogen) atoms. The minimum atomic E-state index is -0.261. The predicted molar refractivity (Wildman–Crippen MR) is 74.6 cm³/mol. The monoisotopic (exact) mass is 266 g/mol. The Labute approximate surface area is 115 Å². The Morgan fingerprint density at radius 2 is 2.00 bits per heavy atom. The molecule has 1 saturated carbocycles. The van der Waals surface area contributed by atoms with Gasteiger partial charge in [-0.2, -0.15) is 0 Å². The lowest BCUT2D eigenvalue weighted by atomic mass is 9.89. The molecule has 1 atom stereocenters. The lowest BCUT2D eigenvalue weighted by Gasteiger charge is -2.31. The fourth-order valence-corrected chi connectivity index (χ4v) is 3.26. The predicted octanol–water partition coefficient (Wildman–Crippen LogP) is 2.08. The van der Waals surface area contributed by atoms with Crippen molar-refractivity contribution >= 4 is 11.8 Å².